The van der Waals surface area contributed by atoms with Gasteiger partial charge in [0.1, 0.15) is 0 Å². The summed E-state index contributed by atoms with van der Waals surface area (Å²) in [7, 11) is 0. The molecule has 0 saturated heterocycles. The minimum Gasteiger partial charge on any atom is -0.369 e. The maximum atomic E-state index is 10.8. The third-order valence-corrected chi connectivity index (χ3v) is 1.80. The molecule has 0 saturated carbocycles. The largest absolute Gasteiger partial charge is 0.369 e. The van der Waals surface area contributed by atoms with Crippen LogP contribution in [0.3, 0.4) is 0 Å². The first-order valence-corrected chi connectivity index (χ1v) is 4.47. The van der Waals surface area contributed by atoms with E-state index in [2.05, 4.69) is 10.2 Å². The van der Waals surface area contributed by atoms with Crippen molar-refractivity contribution in [3.8, 4) is 0 Å². The summed E-state index contributed by atoms with van der Waals surface area (Å²) >= 11 is 0. The van der Waals surface area contributed by atoms with Gasteiger partial charge in [0.15, 0.2) is 0 Å². The van der Waals surface area contributed by atoms with Crippen LogP contribution in [0.2, 0.25) is 0 Å². The Bertz CT molecular complexity index is 549. The number of hydrogen-bond donors (Lipinski definition) is 2. The molecule has 0 fully saturated rings. The summed E-state index contributed by atoms with van der Waals surface area (Å²) < 4.78 is 0. The second kappa shape index (κ2) is 5.34. The highest BCUT2D eigenvalue weighted by atomic mass is 16.6. The van der Waals surface area contributed by atoms with Crippen LogP contribution < -0.4 is 11.5 Å². The first-order chi connectivity index (χ1) is 8.43. The lowest BCUT2D eigenvalue weighted by Gasteiger charge is -1.97. The molecule has 0 heterocycles. The molecule has 0 bridgehead atoms. The van der Waals surface area contributed by atoms with Crippen LogP contribution in [-0.2, 0) is 0 Å². The van der Waals surface area contributed by atoms with Crippen molar-refractivity contribution in [2.75, 3.05) is 0 Å². The normalized spacial score (nSPS) is 10.2. The zero-order chi connectivity index (χ0) is 13.7. The number of guanidine groups is 1. The Morgan fingerprint density at radius 3 is 2.39 bits per heavy atom. The molecular formula is C8H8N6O4. The van der Waals surface area contributed by atoms with Gasteiger partial charge >= 0.3 is 11.4 Å². The molecule has 1 aromatic rings. The molecular weight excluding hydrogens is 244 g/mol. The fourth-order valence-electron chi connectivity index (χ4n) is 1.16. The maximum absolute atomic E-state index is 10.8. The van der Waals surface area contributed by atoms with Crippen molar-refractivity contribution in [1.82, 2.24) is 0 Å². The Hall–Kier alpha value is -3.04. The third-order valence-electron chi connectivity index (χ3n) is 1.80. The molecule has 0 spiro atoms. The van der Waals surface area contributed by atoms with Gasteiger partial charge in [0.2, 0.25) is 5.96 Å². The van der Waals surface area contributed by atoms with E-state index in [9.17, 15) is 20.2 Å². The van der Waals surface area contributed by atoms with Gasteiger partial charge in [-0.25, -0.2) is 0 Å². The smallest absolute Gasteiger partial charge is 0.354 e. The number of nitrogens with two attached hydrogens (primary N) is 2. The number of para-hydroxylation sites is 1. The fraction of sp³-hybridized carbons (Fsp3) is 0. The number of hydrogen-bond acceptors (Lipinski definition) is 6. The summed E-state index contributed by atoms with van der Waals surface area (Å²) in [6.07, 6.45) is 0.963. The van der Waals surface area contributed by atoms with Gasteiger partial charge < -0.3 is 11.5 Å². The van der Waals surface area contributed by atoms with Gasteiger partial charge in [-0.3, -0.25) is 20.2 Å². The standard InChI is InChI=1S/C8H8N6O4/c9-8(10)12-11-4-5-2-1-3-6(13(15)16)7(5)14(17)18/h1-4H,(H4,9,10,12). The zero-order valence-electron chi connectivity index (χ0n) is 8.89. The van der Waals surface area contributed by atoms with E-state index in [0.717, 1.165) is 12.3 Å². The summed E-state index contributed by atoms with van der Waals surface area (Å²) in [6, 6.07) is 3.61. The lowest BCUT2D eigenvalue weighted by Crippen LogP contribution is -2.21. The highest BCUT2D eigenvalue weighted by molar-refractivity contribution is 5.88. The lowest BCUT2D eigenvalue weighted by molar-refractivity contribution is -0.422. The van der Waals surface area contributed by atoms with E-state index in [4.69, 9.17) is 11.5 Å². The number of nitrogens with zero attached hydrogens (tertiary/aromatic N) is 4. The van der Waals surface area contributed by atoms with E-state index in [1.165, 1.54) is 12.1 Å². The van der Waals surface area contributed by atoms with Crippen LogP contribution in [0.5, 0.6) is 0 Å². The Morgan fingerprint density at radius 1 is 1.22 bits per heavy atom. The molecule has 0 aliphatic heterocycles. The van der Waals surface area contributed by atoms with E-state index in [1.807, 2.05) is 0 Å². The molecule has 94 valence electrons. The molecule has 1 rings (SSSR count). The number of nitro benzene ring substituents is 2. The van der Waals surface area contributed by atoms with Gasteiger partial charge in [-0.2, -0.15) is 5.10 Å². The van der Waals surface area contributed by atoms with Crippen molar-refractivity contribution >= 4 is 23.5 Å². The first-order valence-electron chi connectivity index (χ1n) is 4.47. The molecule has 1 aromatic carbocycles. The van der Waals surface area contributed by atoms with E-state index >= 15 is 0 Å². The predicted octanol–water partition coefficient (Wildman–Crippen LogP) is 0.110. The van der Waals surface area contributed by atoms with Crippen LogP contribution >= 0.6 is 0 Å². The van der Waals surface area contributed by atoms with Gasteiger partial charge in [-0.1, -0.05) is 6.07 Å². The number of rotatable bonds is 4. The second-order valence-corrected chi connectivity index (χ2v) is 3.00. The van der Waals surface area contributed by atoms with Crippen molar-refractivity contribution < 1.29 is 9.85 Å². The van der Waals surface area contributed by atoms with Crippen LogP contribution in [0.15, 0.2) is 28.4 Å². The van der Waals surface area contributed by atoms with Gasteiger partial charge in [0.05, 0.1) is 21.6 Å². The molecule has 0 aromatic heterocycles. The number of nitro groups is 2. The van der Waals surface area contributed by atoms with Crippen LogP contribution in [0.25, 0.3) is 0 Å². The summed E-state index contributed by atoms with van der Waals surface area (Å²) in [5, 5.41) is 28.1. The van der Waals surface area contributed by atoms with Crippen molar-refractivity contribution in [2.45, 2.75) is 0 Å². The van der Waals surface area contributed by atoms with E-state index < -0.39 is 21.2 Å². The predicted molar refractivity (Wildman–Crippen MR) is 63.2 cm³/mol. The van der Waals surface area contributed by atoms with Gasteiger partial charge in [-0.05, 0) is 6.07 Å². The van der Waals surface area contributed by atoms with Crippen LogP contribution in [0, 0.1) is 20.2 Å². The first kappa shape index (κ1) is 13.0. The quantitative estimate of drug-likeness (QED) is 0.334. The van der Waals surface area contributed by atoms with E-state index in [0.29, 0.717) is 0 Å². The van der Waals surface area contributed by atoms with Crippen molar-refractivity contribution in [2.24, 2.45) is 21.7 Å². The Kier molecular flexibility index (Phi) is 3.86. The molecule has 4 N–H and O–H groups in total. The minimum atomic E-state index is -0.866. The molecule has 0 aliphatic carbocycles. The van der Waals surface area contributed by atoms with Gasteiger partial charge in [-0.15, -0.1) is 5.10 Å². The SMILES string of the molecule is NC(N)=NN=Cc1cccc([N+](=O)[O-])c1[N+](=O)[O-]. The van der Waals surface area contributed by atoms with Crippen LogP contribution in [0.4, 0.5) is 11.4 Å². The van der Waals surface area contributed by atoms with Gasteiger partial charge in [0.25, 0.3) is 0 Å². The third kappa shape index (κ3) is 2.98. The molecule has 0 unspecified atom stereocenters. The summed E-state index contributed by atoms with van der Waals surface area (Å²) in [5.41, 5.74) is 8.64. The minimum absolute atomic E-state index is 0.0702. The van der Waals surface area contributed by atoms with Crippen molar-refractivity contribution in [3.63, 3.8) is 0 Å². The maximum Gasteiger partial charge on any atom is 0.354 e. The molecule has 10 nitrogen and oxygen atoms in total. The van der Waals surface area contributed by atoms with Crippen molar-refractivity contribution in [1.29, 1.82) is 0 Å². The molecule has 18 heavy (non-hydrogen) atoms. The Balaban J connectivity index is 3.32. The molecule has 10 heteroatoms. The summed E-state index contributed by atoms with van der Waals surface area (Å²) in [4.78, 5) is 19.7. The van der Waals surface area contributed by atoms with Gasteiger partial charge in [0, 0.05) is 6.07 Å². The Morgan fingerprint density at radius 2 is 1.89 bits per heavy atom. The highest BCUT2D eigenvalue weighted by Gasteiger charge is 2.27. The zero-order valence-corrected chi connectivity index (χ0v) is 8.89. The summed E-state index contributed by atoms with van der Waals surface area (Å²) in [5.74, 6) is -0.334. The monoisotopic (exact) mass is 252 g/mol. The van der Waals surface area contributed by atoms with E-state index in [1.54, 1.807) is 0 Å². The lowest BCUT2D eigenvalue weighted by atomic mass is 10.1. The highest BCUT2D eigenvalue weighted by Crippen LogP contribution is 2.29. The van der Waals surface area contributed by atoms with Crippen LogP contribution in [0.1, 0.15) is 5.56 Å². The van der Waals surface area contributed by atoms with Crippen LogP contribution in [-0.4, -0.2) is 22.0 Å². The molecule has 0 radical (unpaired) electrons. The van der Waals surface area contributed by atoms with Crippen molar-refractivity contribution in [3.05, 3.63) is 44.0 Å². The fourth-order valence-corrected chi connectivity index (χ4v) is 1.16. The Labute approximate surface area is 99.9 Å². The number of benzene rings is 1. The van der Waals surface area contributed by atoms with E-state index in [-0.39, 0.29) is 11.5 Å². The molecule has 0 amide bonds. The summed E-state index contributed by atoms with van der Waals surface area (Å²) in [6.45, 7) is 0. The second-order valence-electron chi connectivity index (χ2n) is 3.00. The average Bonchev–Trinajstić information content (AvgIpc) is 2.27. The topological polar surface area (TPSA) is 163 Å². The molecule has 0 atom stereocenters. The average molecular weight is 252 g/mol. The molecule has 0 aliphatic rings.